The number of rotatable bonds is 13. The van der Waals surface area contributed by atoms with Crippen molar-refractivity contribution in [1.82, 2.24) is 10.6 Å². The van der Waals surface area contributed by atoms with Gasteiger partial charge in [-0.05, 0) is 84.5 Å². The summed E-state index contributed by atoms with van der Waals surface area (Å²) in [6, 6.07) is 14.5. The Morgan fingerprint density at radius 2 is 2.00 bits per heavy atom. The number of anilines is 2. The first-order chi connectivity index (χ1) is 19.3. The van der Waals surface area contributed by atoms with E-state index in [1.54, 1.807) is 34.9 Å². The Morgan fingerprint density at radius 1 is 1.15 bits per heavy atom. The van der Waals surface area contributed by atoms with Gasteiger partial charge in [-0.15, -0.1) is 10.8 Å². The fourth-order valence-electron chi connectivity index (χ4n) is 4.78. The third kappa shape index (κ3) is 8.12. The van der Waals surface area contributed by atoms with Crippen LogP contribution in [0.4, 0.5) is 11.4 Å². The monoisotopic (exact) mass is 588 g/mol. The van der Waals surface area contributed by atoms with E-state index in [9.17, 15) is 19.0 Å². The van der Waals surface area contributed by atoms with E-state index in [0.717, 1.165) is 35.4 Å². The molecule has 1 aliphatic rings. The zero-order valence-electron chi connectivity index (χ0n) is 23.0. The molecule has 218 valence electrons. The van der Waals surface area contributed by atoms with Crippen LogP contribution in [0.1, 0.15) is 41.3 Å². The molecule has 1 fully saturated rings. The number of aliphatic hydroxyl groups is 1. The van der Waals surface area contributed by atoms with Crippen molar-refractivity contribution in [2.75, 3.05) is 42.1 Å². The zero-order valence-corrected chi connectivity index (χ0v) is 24.6. The minimum Gasteiger partial charge on any atom is -0.497 e. The molecule has 1 saturated heterocycles. The van der Waals surface area contributed by atoms with Crippen LogP contribution in [0.5, 0.6) is 5.75 Å². The van der Waals surface area contributed by atoms with Crippen LogP contribution in [0.15, 0.2) is 59.3 Å². The molecular formula is C29H40N4O5S2. The third-order valence-electron chi connectivity index (χ3n) is 6.86. The van der Waals surface area contributed by atoms with Gasteiger partial charge < -0.3 is 25.8 Å². The average molecular weight is 589 g/mol. The van der Waals surface area contributed by atoms with E-state index >= 15 is 0 Å². The maximum atomic E-state index is 13.6. The molecule has 0 spiro atoms. The second-order valence-corrected chi connectivity index (χ2v) is 12.8. The first-order valence-corrected chi connectivity index (χ1v) is 16.2. The molecule has 9 nitrogen and oxygen atoms in total. The van der Waals surface area contributed by atoms with E-state index in [2.05, 4.69) is 16.0 Å². The number of hydrogen-bond donors (Lipinski definition) is 6. The quantitative estimate of drug-likeness (QED) is 0.166. The van der Waals surface area contributed by atoms with Crippen LogP contribution < -0.4 is 25.0 Å². The van der Waals surface area contributed by atoms with Crippen LogP contribution in [0, 0.1) is 0 Å². The highest BCUT2D eigenvalue weighted by Gasteiger charge is 2.28. The Hall–Kier alpha value is -2.80. The van der Waals surface area contributed by atoms with Gasteiger partial charge >= 0.3 is 0 Å². The maximum absolute atomic E-state index is 13.6. The molecule has 40 heavy (non-hydrogen) atoms. The molecule has 1 aromatic heterocycles. The number of thiophene rings is 1. The minimum absolute atomic E-state index is 0.281. The van der Waals surface area contributed by atoms with Gasteiger partial charge in [0.15, 0.2) is 0 Å². The predicted molar refractivity (Wildman–Crippen MR) is 165 cm³/mol. The molecule has 2 atom stereocenters. The van der Waals surface area contributed by atoms with Crippen LogP contribution in [0.2, 0.25) is 0 Å². The summed E-state index contributed by atoms with van der Waals surface area (Å²) < 4.78 is 28.3. The fraction of sp³-hybridized carbons (Fsp3) is 0.414. The van der Waals surface area contributed by atoms with E-state index < -0.39 is 22.9 Å². The standard InChI is InChI=1S/C29H40N4O5S2/c1-3-31-24-15-23(16-25(17-24)33-10-4-5-12-40(33,36)37)29(35)32-27(14-22-9-11-39-20-22)28(34)19-30-18-21-7-6-8-26(13-21)38-2/h6-9,11,13,15-17,20,27-28,30-31,34,36-37H,3-5,10,12,14,18-19H2,1-2H3,(H,32,35)/t27-,28+/m0/s1. The molecule has 0 aliphatic carbocycles. The largest absolute Gasteiger partial charge is 0.497 e. The van der Waals surface area contributed by atoms with Crippen LogP contribution >= 0.6 is 22.1 Å². The first kappa shape index (κ1) is 30.2. The van der Waals surface area contributed by atoms with Crippen molar-refractivity contribution < 1.29 is 23.7 Å². The highest BCUT2D eigenvalue weighted by Crippen LogP contribution is 2.50. The van der Waals surface area contributed by atoms with Crippen LogP contribution in [-0.4, -0.2) is 64.8 Å². The average Bonchev–Trinajstić information content (AvgIpc) is 3.45. The van der Waals surface area contributed by atoms with Gasteiger partial charge in [-0.2, -0.15) is 11.3 Å². The van der Waals surface area contributed by atoms with E-state index in [1.165, 1.54) is 0 Å². The minimum atomic E-state index is -2.94. The number of nitrogens with one attached hydrogen (secondary N) is 3. The second kappa shape index (κ2) is 14.2. The van der Waals surface area contributed by atoms with Gasteiger partial charge in [0.2, 0.25) is 0 Å². The van der Waals surface area contributed by atoms with E-state index in [4.69, 9.17) is 4.74 Å². The van der Waals surface area contributed by atoms with Gasteiger partial charge in [-0.25, -0.2) is 0 Å². The molecule has 1 aliphatic heterocycles. The number of hydrogen-bond acceptors (Lipinski definition) is 9. The van der Waals surface area contributed by atoms with Gasteiger partial charge in [0.25, 0.3) is 5.91 Å². The number of methoxy groups -OCH3 is 1. The first-order valence-electron chi connectivity index (χ1n) is 13.5. The lowest BCUT2D eigenvalue weighted by Gasteiger charge is -2.47. The highest BCUT2D eigenvalue weighted by molar-refractivity contribution is 8.25. The van der Waals surface area contributed by atoms with Crippen molar-refractivity contribution in [3.8, 4) is 5.75 Å². The molecule has 0 saturated carbocycles. The van der Waals surface area contributed by atoms with Crippen molar-refractivity contribution in [2.24, 2.45) is 0 Å². The van der Waals surface area contributed by atoms with E-state index in [-0.39, 0.29) is 12.5 Å². The molecule has 2 heterocycles. The lowest BCUT2D eigenvalue weighted by Crippen LogP contribution is -2.48. The van der Waals surface area contributed by atoms with Gasteiger partial charge in [0.1, 0.15) is 5.75 Å². The SMILES string of the molecule is CCNc1cc(C(=O)N[C@@H](Cc2ccsc2)[C@H](O)CNCc2cccc(OC)c2)cc(N2CCCCS2(O)O)c1. The van der Waals surface area contributed by atoms with Gasteiger partial charge in [-0.3, -0.25) is 18.2 Å². The summed E-state index contributed by atoms with van der Waals surface area (Å²) in [5.41, 5.74) is 3.77. The maximum Gasteiger partial charge on any atom is 0.251 e. The normalized spacial score (nSPS) is 17.1. The van der Waals surface area contributed by atoms with Gasteiger partial charge in [0.05, 0.1) is 30.7 Å². The van der Waals surface area contributed by atoms with Crippen LogP contribution in [0.3, 0.4) is 0 Å². The molecular weight excluding hydrogens is 548 g/mol. The number of carbonyl (C=O) groups is 1. The highest BCUT2D eigenvalue weighted by atomic mass is 32.3. The number of benzene rings is 2. The molecule has 0 bridgehead atoms. The predicted octanol–water partition coefficient (Wildman–Crippen LogP) is 4.95. The number of aliphatic hydroxyl groups excluding tert-OH is 1. The van der Waals surface area contributed by atoms with Crippen molar-refractivity contribution in [2.45, 2.75) is 44.9 Å². The van der Waals surface area contributed by atoms with Crippen molar-refractivity contribution in [3.05, 3.63) is 76.0 Å². The van der Waals surface area contributed by atoms with Gasteiger partial charge in [-0.1, -0.05) is 12.1 Å². The number of ether oxygens (including phenoxy) is 1. The molecule has 2 aromatic carbocycles. The Bertz CT molecular complexity index is 1240. The molecule has 4 rings (SSSR count). The second-order valence-electron chi connectivity index (χ2n) is 9.91. The van der Waals surface area contributed by atoms with Crippen LogP contribution in [0.25, 0.3) is 0 Å². The molecule has 0 radical (unpaired) electrons. The summed E-state index contributed by atoms with van der Waals surface area (Å²) in [5.74, 6) is 0.756. The summed E-state index contributed by atoms with van der Waals surface area (Å²) in [7, 11) is -1.31. The Balaban J connectivity index is 1.50. The molecule has 6 N–H and O–H groups in total. The Labute approximate surface area is 242 Å². The summed E-state index contributed by atoms with van der Waals surface area (Å²) in [6.45, 7) is 3.96. The fourth-order valence-corrected chi connectivity index (χ4v) is 7.14. The summed E-state index contributed by atoms with van der Waals surface area (Å²) in [6.07, 6.45) is 1.23. The lowest BCUT2D eigenvalue weighted by atomic mass is 10.0. The molecule has 3 aromatic rings. The summed E-state index contributed by atoms with van der Waals surface area (Å²) in [4.78, 5) is 13.6. The summed E-state index contributed by atoms with van der Waals surface area (Å²) in [5, 5.41) is 24.7. The van der Waals surface area contributed by atoms with Crippen molar-refractivity contribution >= 4 is 39.4 Å². The number of nitrogens with zero attached hydrogens (tertiary/aromatic N) is 1. The zero-order chi connectivity index (χ0) is 28.5. The van der Waals surface area contributed by atoms with Crippen molar-refractivity contribution in [1.29, 1.82) is 0 Å². The number of amides is 1. The Morgan fingerprint density at radius 3 is 2.73 bits per heavy atom. The van der Waals surface area contributed by atoms with E-state index in [1.807, 2.05) is 54.1 Å². The molecule has 11 heteroatoms. The molecule has 1 amide bonds. The molecule has 0 unspecified atom stereocenters. The van der Waals surface area contributed by atoms with Gasteiger partial charge in [0, 0.05) is 37.4 Å². The van der Waals surface area contributed by atoms with E-state index in [0.29, 0.717) is 43.1 Å². The Kier molecular flexibility index (Phi) is 10.7. The number of carbonyl (C=O) groups excluding carboxylic acids is 1. The third-order valence-corrected chi connectivity index (χ3v) is 9.53. The lowest BCUT2D eigenvalue weighted by molar-refractivity contribution is 0.0830. The topological polar surface area (TPSA) is 126 Å². The summed E-state index contributed by atoms with van der Waals surface area (Å²) >= 11 is 1.57. The van der Waals surface area contributed by atoms with Crippen LogP contribution in [-0.2, 0) is 13.0 Å². The smallest absolute Gasteiger partial charge is 0.251 e. The van der Waals surface area contributed by atoms with Crippen molar-refractivity contribution in [3.63, 3.8) is 0 Å².